The van der Waals surface area contributed by atoms with Crippen molar-refractivity contribution in [2.45, 2.75) is 6.92 Å². The smallest absolute Gasteiger partial charge is 0.255 e. The van der Waals surface area contributed by atoms with Crippen LogP contribution in [-0.4, -0.2) is 15.3 Å². The predicted molar refractivity (Wildman–Crippen MR) is 79.3 cm³/mol. The maximum absolute atomic E-state index is 12.2. The second kappa shape index (κ2) is 4.98. The monoisotopic (exact) mass is 285 g/mol. The molecule has 4 nitrogen and oxygen atoms in total. The fourth-order valence-corrected chi connectivity index (χ4v) is 2.25. The van der Waals surface area contributed by atoms with E-state index in [1.807, 2.05) is 35.9 Å². The zero-order chi connectivity index (χ0) is 14.1. The predicted octanol–water partition coefficient (Wildman–Crippen LogP) is 3.55. The highest BCUT2D eigenvalue weighted by atomic mass is 35.5. The fraction of sp³-hybridized carbons (Fsp3) is 0.0667. The van der Waals surface area contributed by atoms with Gasteiger partial charge in [0, 0.05) is 23.0 Å². The van der Waals surface area contributed by atoms with Gasteiger partial charge in [0.15, 0.2) is 5.65 Å². The summed E-state index contributed by atoms with van der Waals surface area (Å²) in [5.74, 6) is -0.207. The average molecular weight is 286 g/mol. The normalized spacial score (nSPS) is 10.7. The molecule has 1 aromatic carbocycles. The summed E-state index contributed by atoms with van der Waals surface area (Å²) in [4.78, 5) is 16.6. The number of aryl methyl sites for hydroxylation is 1. The van der Waals surface area contributed by atoms with E-state index in [2.05, 4.69) is 10.3 Å². The van der Waals surface area contributed by atoms with Gasteiger partial charge < -0.3 is 9.72 Å². The quantitative estimate of drug-likeness (QED) is 0.783. The van der Waals surface area contributed by atoms with Crippen molar-refractivity contribution >= 4 is 28.8 Å². The molecule has 5 heteroatoms. The van der Waals surface area contributed by atoms with Crippen LogP contribution in [0, 0.1) is 6.92 Å². The Hall–Kier alpha value is -2.33. The van der Waals surface area contributed by atoms with E-state index >= 15 is 0 Å². The van der Waals surface area contributed by atoms with Gasteiger partial charge in [-0.15, -0.1) is 0 Å². The third kappa shape index (κ3) is 2.38. The van der Waals surface area contributed by atoms with E-state index in [0.29, 0.717) is 16.3 Å². The number of nitrogens with one attached hydrogen (secondary N) is 1. The number of fused-ring (bicyclic) bond motifs is 1. The van der Waals surface area contributed by atoms with Gasteiger partial charge in [-0.2, -0.15) is 0 Å². The van der Waals surface area contributed by atoms with Gasteiger partial charge in [-0.25, -0.2) is 4.98 Å². The highest BCUT2D eigenvalue weighted by Crippen LogP contribution is 2.18. The molecule has 0 spiro atoms. The van der Waals surface area contributed by atoms with Crippen LogP contribution in [0.1, 0.15) is 16.1 Å². The number of amides is 1. The lowest BCUT2D eigenvalue weighted by atomic mass is 10.2. The maximum Gasteiger partial charge on any atom is 0.255 e. The van der Waals surface area contributed by atoms with Crippen LogP contribution in [0.4, 0.5) is 5.69 Å². The first-order valence-corrected chi connectivity index (χ1v) is 6.52. The van der Waals surface area contributed by atoms with Crippen molar-refractivity contribution in [3.8, 4) is 0 Å². The summed E-state index contributed by atoms with van der Waals surface area (Å²) < 4.78 is 1.88. The van der Waals surface area contributed by atoms with Crippen molar-refractivity contribution in [3.63, 3.8) is 0 Å². The molecule has 3 aromatic rings. The van der Waals surface area contributed by atoms with Crippen LogP contribution in [0.2, 0.25) is 5.02 Å². The van der Waals surface area contributed by atoms with Gasteiger partial charge in [-0.3, -0.25) is 4.79 Å². The van der Waals surface area contributed by atoms with Gasteiger partial charge in [0.25, 0.3) is 5.91 Å². The molecule has 0 radical (unpaired) electrons. The third-order valence-corrected chi connectivity index (χ3v) is 3.17. The number of hydrogen-bond acceptors (Lipinski definition) is 2. The van der Waals surface area contributed by atoms with Crippen LogP contribution in [-0.2, 0) is 0 Å². The van der Waals surface area contributed by atoms with Gasteiger partial charge in [-0.1, -0.05) is 17.7 Å². The van der Waals surface area contributed by atoms with Crippen LogP contribution < -0.4 is 5.32 Å². The molecular weight excluding hydrogens is 274 g/mol. The number of nitrogens with zero attached hydrogens (tertiary/aromatic N) is 2. The Kier molecular flexibility index (Phi) is 3.16. The maximum atomic E-state index is 12.2. The van der Waals surface area contributed by atoms with E-state index in [1.54, 1.807) is 24.3 Å². The van der Waals surface area contributed by atoms with Crippen LogP contribution in [0.3, 0.4) is 0 Å². The fourth-order valence-electron chi connectivity index (χ4n) is 2.06. The first-order valence-electron chi connectivity index (χ1n) is 6.15. The summed E-state index contributed by atoms with van der Waals surface area (Å²) in [6.45, 7) is 1.91. The van der Waals surface area contributed by atoms with Gasteiger partial charge >= 0.3 is 0 Å². The van der Waals surface area contributed by atoms with Crippen molar-refractivity contribution in [1.82, 2.24) is 9.38 Å². The van der Waals surface area contributed by atoms with Gasteiger partial charge in [0.2, 0.25) is 0 Å². The third-order valence-electron chi connectivity index (χ3n) is 2.94. The number of hydrogen-bond donors (Lipinski definition) is 1. The van der Waals surface area contributed by atoms with Crippen molar-refractivity contribution < 1.29 is 4.79 Å². The van der Waals surface area contributed by atoms with E-state index in [4.69, 9.17) is 11.6 Å². The zero-order valence-electron chi connectivity index (χ0n) is 10.8. The summed E-state index contributed by atoms with van der Waals surface area (Å²) in [5, 5.41) is 3.40. The number of aromatic nitrogens is 2. The molecule has 0 saturated carbocycles. The highest BCUT2D eigenvalue weighted by molar-refractivity contribution is 6.31. The van der Waals surface area contributed by atoms with Crippen LogP contribution in [0.15, 0.2) is 48.8 Å². The minimum Gasteiger partial charge on any atom is -0.319 e. The van der Waals surface area contributed by atoms with Crippen LogP contribution in [0.25, 0.3) is 5.65 Å². The molecule has 0 atom stereocenters. The van der Waals surface area contributed by atoms with Crippen molar-refractivity contribution in [2.75, 3.05) is 5.32 Å². The molecule has 100 valence electrons. The number of carbonyl (C=O) groups excluding carboxylic acids is 1. The van der Waals surface area contributed by atoms with E-state index in [0.717, 1.165) is 11.3 Å². The van der Waals surface area contributed by atoms with Crippen LogP contribution >= 0.6 is 11.6 Å². The Morgan fingerprint density at radius 2 is 2.15 bits per heavy atom. The van der Waals surface area contributed by atoms with Gasteiger partial charge in [-0.05, 0) is 37.3 Å². The molecule has 0 aliphatic rings. The lowest BCUT2D eigenvalue weighted by Gasteiger charge is -2.06. The largest absolute Gasteiger partial charge is 0.319 e. The molecule has 0 fully saturated rings. The van der Waals surface area contributed by atoms with Crippen molar-refractivity contribution in [3.05, 3.63) is 65.1 Å². The Labute approximate surface area is 121 Å². The Morgan fingerprint density at radius 1 is 1.30 bits per heavy atom. The number of imidazole rings is 1. The average Bonchev–Trinajstić information content (AvgIpc) is 2.80. The lowest BCUT2D eigenvalue weighted by molar-refractivity contribution is 0.102. The molecule has 2 heterocycles. The number of rotatable bonds is 2. The Balaban J connectivity index is 1.95. The number of pyridine rings is 1. The van der Waals surface area contributed by atoms with E-state index < -0.39 is 0 Å². The van der Waals surface area contributed by atoms with Gasteiger partial charge in [0.1, 0.15) is 0 Å². The SMILES string of the molecule is Cc1cn2cccc(NC(=O)c3cccc(Cl)c3)c2n1. The second-order valence-electron chi connectivity index (χ2n) is 4.50. The molecule has 1 amide bonds. The van der Waals surface area contributed by atoms with Crippen molar-refractivity contribution in [2.24, 2.45) is 0 Å². The summed E-state index contributed by atoms with van der Waals surface area (Å²) in [5.41, 5.74) is 2.81. The first-order chi connectivity index (χ1) is 9.63. The van der Waals surface area contributed by atoms with Gasteiger partial charge in [0.05, 0.1) is 11.4 Å². The number of anilines is 1. The zero-order valence-corrected chi connectivity index (χ0v) is 11.6. The topological polar surface area (TPSA) is 46.4 Å². The molecule has 0 bridgehead atoms. The van der Waals surface area contributed by atoms with E-state index in [9.17, 15) is 4.79 Å². The molecular formula is C15H12ClN3O. The lowest BCUT2D eigenvalue weighted by Crippen LogP contribution is -2.12. The number of carbonyl (C=O) groups is 1. The summed E-state index contributed by atoms with van der Waals surface area (Å²) >= 11 is 5.89. The van der Waals surface area contributed by atoms with Crippen molar-refractivity contribution in [1.29, 1.82) is 0 Å². The summed E-state index contributed by atoms with van der Waals surface area (Å²) in [6, 6.07) is 10.5. The molecule has 2 aromatic heterocycles. The minimum absolute atomic E-state index is 0.207. The molecule has 20 heavy (non-hydrogen) atoms. The molecule has 3 rings (SSSR count). The summed E-state index contributed by atoms with van der Waals surface area (Å²) in [7, 11) is 0. The highest BCUT2D eigenvalue weighted by Gasteiger charge is 2.10. The van der Waals surface area contributed by atoms with E-state index in [-0.39, 0.29) is 5.91 Å². The molecule has 0 aliphatic carbocycles. The molecule has 1 N–H and O–H groups in total. The Bertz CT molecular complexity index is 795. The number of benzene rings is 1. The standard InChI is InChI=1S/C15H12ClN3O/c1-10-9-19-7-3-6-13(14(19)17-10)18-15(20)11-4-2-5-12(16)8-11/h2-9H,1H3,(H,18,20). The van der Waals surface area contributed by atoms with E-state index in [1.165, 1.54) is 0 Å². The number of halogens is 1. The molecule has 0 saturated heterocycles. The minimum atomic E-state index is -0.207. The first kappa shape index (κ1) is 12.7. The second-order valence-corrected chi connectivity index (χ2v) is 4.94. The Morgan fingerprint density at radius 3 is 2.95 bits per heavy atom. The molecule has 0 aliphatic heterocycles. The summed E-state index contributed by atoms with van der Waals surface area (Å²) in [6.07, 6.45) is 3.80. The van der Waals surface area contributed by atoms with Crippen LogP contribution in [0.5, 0.6) is 0 Å². The molecule has 0 unspecified atom stereocenters.